The van der Waals surface area contributed by atoms with Crippen molar-refractivity contribution in [1.82, 2.24) is 15.0 Å². The fourth-order valence-electron chi connectivity index (χ4n) is 2.01. The fraction of sp³-hybridized carbons (Fsp3) is 0.308. The first-order chi connectivity index (χ1) is 9.38. The lowest BCUT2D eigenvalue weighted by Crippen LogP contribution is -2.32. The Hall–Kier alpha value is -1.73. The molecular formula is C13H15BrN4O2. The maximum Gasteiger partial charge on any atom is 0.320 e. The van der Waals surface area contributed by atoms with Crippen molar-refractivity contribution < 1.29 is 9.90 Å². The SMILES string of the molecule is Cc1cc(C)c(-n2cc(CC(N)C(=O)O)nn2)c(Br)c1. The quantitative estimate of drug-likeness (QED) is 0.882. The topological polar surface area (TPSA) is 94.0 Å². The van der Waals surface area contributed by atoms with Crippen molar-refractivity contribution >= 4 is 21.9 Å². The molecule has 0 saturated heterocycles. The number of rotatable bonds is 4. The summed E-state index contributed by atoms with van der Waals surface area (Å²) < 4.78 is 2.54. The minimum Gasteiger partial charge on any atom is -0.480 e. The molecule has 1 aromatic carbocycles. The Balaban J connectivity index is 2.32. The van der Waals surface area contributed by atoms with Gasteiger partial charge < -0.3 is 10.8 Å². The van der Waals surface area contributed by atoms with Gasteiger partial charge in [0.05, 0.1) is 17.6 Å². The van der Waals surface area contributed by atoms with Crippen LogP contribution in [0.2, 0.25) is 0 Å². The molecule has 0 aliphatic carbocycles. The van der Waals surface area contributed by atoms with Crippen molar-refractivity contribution in [2.24, 2.45) is 5.73 Å². The molecule has 1 unspecified atom stereocenters. The Morgan fingerprint density at radius 1 is 1.50 bits per heavy atom. The average Bonchev–Trinajstić information content (AvgIpc) is 2.75. The van der Waals surface area contributed by atoms with E-state index in [4.69, 9.17) is 10.8 Å². The van der Waals surface area contributed by atoms with Crippen LogP contribution >= 0.6 is 15.9 Å². The summed E-state index contributed by atoms with van der Waals surface area (Å²) in [6, 6.07) is 3.07. The molecule has 7 heteroatoms. The molecule has 0 spiro atoms. The number of aromatic nitrogens is 3. The molecule has 1 heterocycles. The van der Waals surface area contributed by atoms with E-state index < -0.39 is 12.0 Å². The summed E-state index contributed by atoms with van der Waals surface area (Å²) in [6.07, 6.45) is 1.85. The van der Waals surface area contributed by atoms with E-state index in [1.54, 1.807) is 10.9 Å². The minimum atomic E-state index is -1.05. The highest BCUT2D eigenvalue weighted by molar-refractivity contribution is 9.10. The number of aryl methyl sites for hydroxylation is 2. The van der Waals surface area contributed by atoms with Crippen molar-refractivity contribution in [3.63, 3.8) is 0 Å². The summed E-state index contributed by atoms with van der Waals surface area (Å²) in [5.41, 5.74) is 9.12. The zero-order valence-corrected chi connectivity index (χ0v) is 12.8. The van der Waals surface area contributed by atoms with Gasteiger partial charge in [-0.25, -0.2) is 4.68 Å². The van der Waals surface area contributed by atoms with Gasteiger partial charge in [-0.2, -0.15) is 0 Å². The molecule has 0 radical (unpaired) electrons. The lowest BCUT2D eigenvalue weighted by Gasteiger charge is -2.09. The molecule has 1 aromatic heterocycles. The number of hydrogen-bond acceptors (Lipinski definition) is 4. The van der Waals surface area contributed by atoms with Gasteiger partial charge in [-0.15, -0.1) is 5.10 Å². The maximum absolute atomic E-state index is 10.7. The molecule has 0 aliphatic heterocycles. The maximum atomic E-state index is 10.7. The van der Waals surface area contributed by atoms with Crippen LogP contribution in [0.4, 0.5) is 0 Å². The molecule has 0 amide bonds. The van der Waals surface area contributed by atoms with E-state index in [-0.39, 0.29) is 6.42 Å². The molecule has 106 valence electrons. The summed E-state index contributed by atoms with van der Waals surface area (Å²) in [5, 5.41) is 16.8. The predicted molar refractivity (Wildman–Crippen MR) is 77.8 cm³/mol. The first kappa shape index (κ1) is 14.7. The van der Waals surface area contributed by atoms with Gasteiger partial charge >= 0.3 is 5.97 Å². The van der Waals surface area contributed by atoms with Gasteiger partial charge in [-0.05, 0) is 47.0 Å². The molecule has 2 rings (SSSR count). The summed E-state index contributed by atoms with van der Waals surface area (Å²) in [4.78, 5) is 10.7. The Morgan fingerprint density at radius 2 is 2.20 bits per heavy atom. The van der Waals surface area contributed by atoms with E-state index >= 15 is 0 Å². The number of halogens is 1. The summed E-state index contributed by atoms with van der Waals surface area (Å²) in [6.45, 7) is 4.00. The summed E-state index contributed by atoms with van der Waals surface area (Å²) in [7, 11) is 0. The third-order valence-corrected chi connectivity index (χ3v) is 3.52. The number of benzene rings is 1. The molecule has 0 saturated carbocycles. The van der Waals surface area contributed by atoms with Gasteiger partial charge in [0.2, 0.25) is 0 Å². The van der Waals surface area contributed by atoms with Crippen LogP contribution in [0.5, 0.6) is 0 Å². The van der Waals surface area contributed by atoms with Crippen LogP contribution in [0.1, 0.15) is 16.8 Å². The number of carboxylic acid groups (broad SMARTS) is 1. The Labute approximate surface area is 124 Å². The van der Waals surface area contributed by atoms with Crippen LogP contribution in [-0.2, 0) is 11.2 Å². The van der Waals surface area contributed by atoms with Crippen LogP contribution in [0.15, 0.2) is 22.8 Å². The lowest BCUT2D eigenvalue weighted by atomic mass is 10.1. The van der Waals surface area contributed by atoms with E-state index in [0.717, 1.165) is 21.3 Å². The Kier molecular flexibility index (Phi) is 4.20. The highest BCUT2D eigenvalue weighted by atomic mass is 79.9. The summed E-state index contributed by atoms with van der Waals surface area (Å²) >= 11 is 3.51. The van der Waals surface area contributed by atoms with Crippen LogP contribution in [0.25, 0.3) is 5.69 Å². The first-order valence-corrected chi connectivity index (χ1v) is 6.84. The lowest BCUT2D eigenvalue weighted by molar-refractivity contribution is -0.138. The smallest absolute Gasteiger partial charge is 0.320 e. The molecular weight excluding hydrogens is 324 g/mol. The molecule has 2 aromatic rings. The van der Waals surface area contributed by atoms with Crippen LogP contribution < -0.4 is 5.73 Å². The number of carboxylic acids is 1. The second-order valence-corrected chi connectivity index (χ2v) is 5.57. The van der Waals surface area contributed by atoms with Crippen molar-refractivity contribution in [3.05, 3.63) is 39.6 Å². The molecule has 0 bridgehead atoms. The highest BCUT2D eigenvalue weighted by Crippen LogP contribution is 2.25. The Bertz CT molecular complexity index is 631. The molecule has 6 nitrogen and oxygen atoms in total. The number of nitrogens with zero attached hydrogens (tertiary/aromatic N) is 3. The number of carbonyl (C=O) groups is 1. The number of nitrogens with two attached hydrogens (primary N) is 1. The zero-order chi connectivity index (χ0) is 14.9. The largest absolute Gasteiger partial charge is 0.480 e. The number of aliphatic carboxylic acids is 1. The summed E-state index contributed by atoms with van der Waals surface area (Å²) in [5.74, 6) is -1.05. The van der Waals surface area contributed by atoms with E-state index in [9.17, 15) is 4.79 Å². The first-order valence-electron chi connectivity index (χ1n) is 6.05. The highest BCUT2D eigenvalue weighted by Gasteiger charge is 2.16. The predicted octanol–water partition coefficient (Wildman–Crippen LogP) is 1.60. The molecule has 0 fully saturated rings. The van der Waals surface area contributed by atoms with E-state index in [0.29, 0.717) is 5.69 Å². The minimum absolute atomic E-state index is 0.151. The van der Waals surface area contributed by atoms with Gasteiger partial charge in [0.15, 0.2) is 0 Å². The van der Waals surface area contributed by atoms with Crippen molar-refractivity contribution in [1.29, 1.82) is 0 Å². The van der Waals surface area contributed by atoms with Gasteiger partial charge in [0.1, 0.15) is 6.04 Å². The Morgan fingerprint density at radius 3 is 2.80 bits per heavy atom. The molecule has 1 atom stereocenters. The third kappa shape index (κ3) is 3.05. The van der Waals surface area contributed by atoms with E-state index in [2.05, 4.69) is 26.2 Å². The van der Waals surface area contributed by atoms with Gasteiger partial charge in [0, 0.05) is 10.9 Å². The molecule has 3 N–H and O–H groups in total. The second-order valence-electron chi connectivity index (χ2n) is 4.72. The fourth-order valence-corrected chi connectivity index (χ4v) is 2.87. The van der Waals surface area contributed by atoms with Gasteiger partial charge in [-0.1, -0.05) is 11.3 Å². The third-order valence-electron chi connectivity index (χ3n) is 2.91. The van der Waals surface area contributed by atoms with Crippen LogP contribution in [0.3, 0.4) is 0 Å². The van der Waals surface area contributed by atoms with Crippen molar-refractivity contribution in [2.45, 2.75) is 26.3 Å². The van der Waals surface area contributed by atoms with Crippen LogP contribution in [-0.4, -0.2) is 32.1 Å². The standard InChI is InChI=1S/C13H15BrN4O2/c1-7-3-8(2)12(10(14)4-7)18-6-9(16-17-18)5-11(15)13(19)20/h3-4,6,11H,5,15H2,1-2H3,(H,19,20). The molecule has 0 aliphatic rings. The van der Waals surface area contributed by atoms with Crippen LogP contribution in [0, 0.1) is 13.8 Å². The van der Waals surface area contributed by atoms with E-state index in [1.165, 1.54) is 0 Å². The van der Waals surface area contributed by atoms with Gasteiger partial charge in [-0.3, -0.25) is 4.79 Å². The average molecular weight is 339 g/mol. The monoisotopic (exact) mass is 338 g/mol. The number of hydrogen-bond donors (Lipinski definition) is 2. The second kappa shape index (κ2) is 5.72. The van der Waals surface area contributed by atoms with Crippen molar-refractivity contribution in [2.75, 3.05) is 0 Å². The normalized spacial score (nSPS) is 12.4. The zero-order valence-electron chi connectivity index (χ0n) is 11.2. The van der Waals surface area contributed by atoms with E-state index in [1.807, 2.05) is 26.0 Å². The van der Waals surface area contributed by atoms with Crippen molar-refractivity contribution in [3.8, 4) is 5.69 Å². The van der Waals surface area contributed by atoms with Gasteiger partial charge in [0.25, 0.3) is 0 Å². The molecule has 20 heavy (non-hydrogen) atoms.